The minimum absolute atomic E-state index is 0.216. The Balaban J connectivity index is 1.46. The van der Waals surface area contributed by atoms with E-state index in [4.69, 9.17) is 14.2 Å². The van der Waals surface area contributed by atoms with Crippen LogP contribution in [0.15, 0.2) is 24.3 Å². The molecule has 2 N–H and O–H groups in total. The fourth-order valence-corrected chi connectivity index (χ4v) is 2.39. The van der Waals surface area contributed by atoms with Gasteiger partial charge in [0.15, 0.2) is 5.69 Å². The Bertz CT molecular complexity index is 666. The maximum absolute atomic E-state index is 12.2. The second-order valence-electron chi connectivity index (χ2n) is 5.11. The lowest BCUT2D eigenvalue weighted by Gasteiger charge is -2.12. The topological polar surface area (TPSA) is 85.5 Å². The van der Waals surface area contributed by atoms with Crippen molar-refractivity contribution in [2.24, 2.45) is 0 Å². The van der Waals surface area contributed by atoms with Crippen LogP contribution in [0, 0.1) is 0 Å². The van der Waals surface area contributed by atoms with Crippen LogP contribution in [0.2, 0.25) is 0 Å². The van der Waals surface area contributed by atoms with E-state index in [1.54, 1.807) is 7.11 Å². The maximum Gasteiger partial charge on any atom is 0.272 e. The van der Waals surface area contributed by atoms with E-state index in [0.717, 1.165) is 29.2 Å². The van der Waals surface area contributed by atoms with E-state index < -0.39 is 0 Å². The summed E-state index contributed by atoms with van der Waals surface area (Å²) in [6.07, 6.45) is 0.760. The lowest BCUT2D eigenvalue weighted by atomic mass is 10.1. The normalized spacial score (nSPS) is 13.3. The minimum Gasteiger partial charge on any atom is -0.497 e. The van der Waals surface area contributed by atoms with E-state index in [0.29, 0.717) is 32.1 Å². The molecule has 1 aromatic carbocycles. The summed E-state index contributed by atoms with van der Waals surface area (Å²) in [5.41, 5.74) is 2.24. The lowest BCUT2D eigenvalue weighted by Crippen LogP contribution is -2.29. The van der Waals surface area contributed by atoms with Crippen LogP contribution in [0.4, 0.5) is 0 Å². The molecule has 2 aromatic rings. The molecule has 1 aliphatic heterocycles. The fraction of sp³-hybridized carbons (Fsp3) is 0.375. The first kappa shape index (κ1) is 15.4. The van der Waals surface area contributed by atoms with Crippen LogP contribution in [-0.2, 0) is 17.8 Å². The fourth-order valence-electron chi connectivity index (χ4n) is 2.39. The molecule has 1 aliphatic rings. The minimum atomic E-state index is -0.216. The van der Waals surface area contributed by atoms with Crippen molar-refractivity contribution in [2.75, 3.05) is 26.9 Å². The third kappa shape index (κ3) is 3.62. The zero-order valence-corrected chi connectivity index (χ0v) is 12.9. The Labute approximate surface area is 133 Å². The third-order valence-electron chi connectivity index (χ3n) is 3.63. The maximum atomic E-state index is 12.2. The number of rotatable bonds is 6. The summed E-state index contributed by atoms with van der Waals surface area (Å²) < 4.78 is 16.0. The molecule has 1 aromatic heterocycles. The zero-order valence-electron chi connectivity index (χ0n) is 12.9. The number of aromatic nitrogens is 2. The quantitative estimate of drug-likeness (QED) is 0.784. The van der Waals surface area contributed by atoms with E-state index in [1.807, 2.05) is 24.3 Å². The number of benzene rings is 1. The smallest absolute Gasteiger partial charge is 0.272 e. The first-order chi connectivity index (χ1) is 11.3. The number of carbonyl (C=O) groups excluding carboxylic acids is 1. The monoisotopic (exact) mass is 317 g/mol. The predicted octanol–water partition coefficient (Wildman–Crippen LogP) is 1.30. The second kappa shape index (κ2) is 7.15. The van der Waals surface area contributed by atoms with E-state index >= 15 is 0 Å². The summed E-state index contributed by atoms with van der Waals surface area (Å²) >= 11 is 0. The van der Waals surface area contributed by atoms with Gasteiger partial charge in [-0.3, -0.25) is 9.89 Å². The van der Waals surface area contributed by atoms with Crippen molar-refractivity contribution in [1.29, 1.82) is 0 Å². The van der Waals surface area contributed by atoms with Crippen LogP contribution in [0.25, 0.3) is 0 Å². The molecule has 0 atom stereocenters. The molecule has 2 heterocycles. The number of nitrogens with zero attached hydrogens (tertiary/aromatic N) is 1. The van der Waals surface area contributed by atoms with Gasteiger partial charge < -0.3 is 19.5 Å². The van der Waals surface area contributed by atoms with Gasteiger partial charge in [-0.2, -0.15) is 5.10 Å². The van der Waals surface area contributed by atoms with Gasteiger partial charge in [0, 0.05) is 17.7 Å². The van der Waals surface area contributed by atoms with Crippen LogP contribution < -0.4 is 14.8 Å². The molecule has 0 saturated carbocycles. The molecule has 1 amide bonds. The number of aromatic amines is 1. The van der Waals surface area contributed by atoms with Gasteiger partial charge in [-0.1, -0.05) is 0 Å². The molecule has 7 nitrogen and oxygen atoms in total. The number of fused-ring (bicyclic) bond motifs is 1. The van der Waals surface area contributed by atoms with Crippen LogP contribution in [-0.4, -0.2) is 43.0 Å². The third-order valence-corrected chi connectivity index (χ3v) is 3.63. The van der Waals surface area contributed by atoms with Gasteiger partial charge in [-0.05, 0) is 24.3 Å². The van der Waals surface area contributed by atoms with Crippen molar-refractivity contribution in [3.63, 3.8) is 0 Å². The van der Waals surface area contributed by atoms with Gasteiger partial charge in [0.05, 0.1) is 26.9 Å². The highest BCUT2D eigenvalue weighted by Crippen LogP contribution is 2.18. The van der Waals surface area contributed by atoms with Gasteiger partial charge in [0.1, 0.15) is 18.1 Å². The predicted molar refractivity (Wildman–Crippen MR) is 82.8 cm³/mol. The summed E-state index contributed by atoms with van der Waals surface area (Å²) in [4.78, 5) is 12.2. The second-order valence-corrected chi connectivity index (χ2v) is 5.11. The molecule has 23 heavy (non-hydrogen) atoms. The Morgan fingerprint density at radius 1 is 1.35 bits per heavy atom. The van der Waals surface area contributed by atoms with Gasteiger partial charge in [0.25, 0.3) is 5.91 Å². The van der Waals surface area contributed by atoms with Crippen molar-refractivity contribution < 1.29 is 19.0 Å². The summed E-state index contributed by atoms with van der Waals surface area (Å²) in [6.45, 7) is 1.86. The van der Waals surface area contributed by atoms with Crippen LogP contribution in [0.1, 0.15) is 21.7 Å². The molecular weight excluding hydrogens is 298 g/mol. The molecule has 122 valence electrons. The number of ether oxygens (including phenoxy) is 3. The summed E-state index contributed by atoms with van der Waals surface area (Å²) in [5.74, 6) is 1.29. The Morgan fingerprint density at radius 3 is 2.91 bits per heavy atom. The first-order valence-corrected chi connectivity index (χ1v) is 7.47. The summed E-state index contributed by atoms with van der Waals surface area (Å²) in [5, 5.41) is 9.78. The van der Waals surface area contributed by atoms with Crippen molar-refractivity contribution >= 4 is 5.91 Å². The molecular formula is C16H19N3O4. The molecule has 0 spiro atoms. The highest BCUT2D eigenvalue weighted by atomic mass is 16.5. The summed E-state index contributed by atoms with van der Waals surface area (Å²) in [7, 11) is 1.62. The van der Waals surface area contributed by atoms with Crippen molar-refractivity contribution in [2.45, 2.75) is 13.0 Å². The number of nitrogens with one attached hydrogen (secondary N) is 2. The van der Waals surface area contributed by atoms with Crippen LogP contribution in [0.3, 0.4) is 0 Å². The zero-order chi connectivity index (χ0) is 16.1. The number of H-pyrrole nitrogens is 1. The standard InChI is InChI=1S/C16H19N3O4/c1-21-11-2-4-12(5-3-11)23-9-7-17-16(20)15-13-10-22-8-6-14(13)18-19-15/h2-5H,6-10H2,1H3,(H,17,20)(H,18,19). The van der Waals surface area contributed by atoms with Crippen molar-refractivity contribution in [3.8, 4) is 11.5 Å². The largest absolute Gasteiger partial charge is 0.497 e. The van der Waals surface area contributed by atoms with E-state index in [2.05, 4.69) is 15.5 Å². The highest BCUT2D eigenvalue weighted by molar-refractivity contribution is 5.93. The Hall–Kier alpha value is -2.54. The number of hydrogen-bond acceptors (Lipinski definition) is 5. The van der Waals surface area contributed by atoms with E-state index in [-0.39, 0.29) is 5.91 Å². The van der Waals surface area contributed by atoms with Crippen molar-refractivity contribution in [1.82, 2.24) is 15.5 Å². The Morgan fingerprint density at radius 2 is 2.13 bits per heavy atom. The van der Waals surface area contributed by atoms with Gasteiger partial charge in [0.2, 0.25) is 0 Å². The first-order valence-electron chi connectivity index (χ1n) is 7.47. The Kier molecular flexibility index (Phi) is 4.77. The SMILES string of the molecule is COc1ccc(OCCNC(=O)c2n[nH]c3c2COCC3)cc1. The van der Waals surface area contributed by atoms with Gasteiger partial charge in [-0.25, -0.2) is 0 Å². The van der Waals surface area contributed by atoms with Crippen LogP contribution >= 0.6 is 0 Å². The molecule has 3 rings (SSSR count). The molecule has 0 radical (unpaired) electrons. The number of methoxy groups -OCH3 is 1. The number of carbonyl (C=O) groups is 1. The molecule has 0 saturated heterocycles. The van der Waals surface area contributed by atoms with Gasteiger partial charge >= 0.3 is 0 Å². The van der Waals surface area contributed by atoms with Crippen LogP contribution in [0.5, 0.6) is 11.5 Å². The molecule has 0 bridgehead atoms. The van der Waals surface area contributed by atoms with Gasteiger partial charge in [-0.15, -0.1) is 0 Å². The lowest BCUT2D eigenvalue weighted by molar-refractivity contribution is 0.0919. The number of amides is 1. The molecule has 0 aliphatic carbocycles. The average molecular weight is 317 g/mol. The highest BCUT2D eigenvalue weighted by Gasteiger charge is 2.21. The molecule has 0 fully saturated rings. The molecule has 0 unspecified atom stereocenters. The molecule has 7 heteroatoms. The van der Waals surface area contributed by atoms with Crippen molar-refractivity contribution in [3.05, 3.63) is 41.2 Å². The van der Waals surface area contributed by atoms with E-state index in [1.165, 1.54) is 0 Å². The average Bonchev–Trinajstić information content (AvgIpc) is 3.03. The summed E-state index contributed by atoms with van der Waals surface area (Å²) in [6, 6.07) is 7.29. The number of hydrogen-bond donors (Lipinski definition) is 2. The van der Waals surface area contributed by atoms with E-state index in [9.17, 15) is 4.79 Å².